The Morgan fingerprint density at radius 1 is 1.35 bits per heavy atom. The zero-order valence-corrected chi connectivity index (χ0v) is 11.4. The Labute approximate surface area is 118 Å². The first-order valence-electron chi connectivity index (χ1n) is 6.14. The van der Waals surface area contributed by atoms with Gasteiger partial charge in [-0.1, -0.05) is 30.3 Å². The fourth-order valence-electron chi connectivity index (χ4n) is 1.47. The van der Waals surface area contributed by atoms with E-state index >= 15 is 0 Å². The van der Waals surface area contributed by atoms with Gasteiger partial charge in [0.25, 0.3) is 0 Å². The van der Waals surface area contributed by atoms with Crippen molar-refractivity contribution in [2.45, 2.75) is 19.4 Å². The lowest BCUT2D eigenvalue weighted by Crippen LogP contribution is -2.27. The monoisotopic (exact) mass is 277 g/mol. The highest BCUT2D eigenvalue weighted by Crippen LogP contribution is 2.08. The number of esters is 1. The molecule has 1 atom stereocenters. The largest absolute Gasteiger partial charge is 0.560 e. The molecule has 0 aliphatic heterocycles. The van der Waals surface area contributed by atoms with Crippen LogP contribution in [0.15, 0.2) is 35.3 Å². The van der Waals surface area contributed by atoms with Gasteiger partial charge >= 0.3 is 20.2 Å². The van der Waals surface area contributed by atoms with Crippen LogP contribution >= 0.6 is 0 Å². The predicted molar refractivity (Wildman–Crippen MR) is 75.2 cm³/mol. The third-order valence-electron chi connectivity index (χ3n) is 2.34. The van der Waals surface area contributed by atoms with Gasteiger partial charge in [-0.2, -0.15) is 0 Å². The molecule has 1 aromatic carbocycles. The van der Waals surface area contributed by atoms with Crippen LogP contribution in [0.25, 0.3) is 0 Å². The van der Waals surface area contributed by atoms with Crippen LogP contribution < -0.4 is 0 Å². The van der Waals surface area contributed by atoms with E-state index in [1.165, 1.54) is 8.05 Å². The van der Waals surface area contributed by atoms with Gasteiger partial charge in [0, 0.05) is 6.42 Å². The van der Waals surface area contributed by atoms with E-state index in [0.717, 1.165) is 12.0 Å². The zero-order valence-electron chi connectivity index (χ0n) is 11.4. The van der Waals surface area contributed by atoms with E-state index in [4.69, 9.17) is 4.65 Å². The molecule has 0 amide bonds. The first-order valence-corrected chi connectivity index (χ1v) is 6.14. The summed E-state index contributed by atoms with van der Waals surface area (Å²) >= 11 is 0. The Morgan fingerprint density at radius 3 is 2.65 bits per heavy atom. The molecule has 20 heavy (non-hydrogen) atoms. The van der Waals surface area contributed by atoms with Gasteiger partial charge in [0.05, 0.1) is 6.61 Å². The summed E-state index contributed by atoms with van der Waals surface area (Å²) in [5, 5.41) is 0. The zero-order chi connectivity index (χ0) is 14.8. The molecule has 0 unspecified atom stereocenters. The minimum atomic E-state index is -1.02. The van der Waals surface area contributed by atoms with E-state index in [0.29, 0.717) is 6.42 Å². The van der Waals surface area contributed by atoms with Crippen molar-refractivity contribution in [1.82, 2.24) is 0 Å². The Morgan fingerprint density at radius 2 is 2.05 bits per heavy atom. The minimum Gasteiger partial charge on any atom is -0.560 e. The van der Waals surface area contributed by atoms with Crippen molar-refractivity contribution in [1.29, 1.82) is 0 Å². The number of carbonyl (C=O) groups excluding carboxylic acids is 2. The summed E-state index contributed by atoms with van der Waals surface area (Å²) < 4.78 is 13.8. The van der Waals surface area contributed by atoms with Crippen molar-refractivity contribution in [3.8, 4) is 0 Å². The average Bonchev–Trinajstić information content (AvgIpc) is 2.44. The van der Waals surface area contributed by atoms with Crippen molar-refractivity contribution in [2.75, 3.05) is 6.61 Å². The second-order valence-electron chi connectivity index (χ2n) is 3.80. The Bertz CT molecular complexity index is 463. The number of nitrogens with zero attached hydrogens (tertiary/aromatic N) is 1. The third kappa shape index (κ3) is 5.56. The molecule has 0 spiro atoms. The number of hydrogen-bond donors (Lipinski definition) is 0. The van der Waals surface area contributed by atoms with E-state index in [-0.39, 0.29) is 6.61 Å². The SMILES string of the molecule is BOC=N[C@@H](Cc1ccccc1)C(=O)OC(=O)OCC. The Kier molecular flexibility index (Phi) is 6.88. The second kappa shape index (κ2) is 8.74. The van der Waals surface area contributed by atoms with Crippen LogP contribution in [-0.2, 0) is 25.3 Å². The summed E-state index contributed by atoms with van der Waals surface area (Å²) in [7, 11) is 1.42. The number of ether oxygens (including phenoxy) is 2. The van der Waals surface area contributed by atoms with Crippen LogP contribution in [0.2, 0.25) is 0 Å². The van der Waals surface area contributed by atoms with E-state index in [2.05, 4.69) is 14.5 Å². The van der Waals surface area contributed by atoms with Gasteiger partial charge in [-0.15, -0.1) is 0 Å². The lowest BCUT2D eigenvalue weighted by Gasteiger charge is -2.10. The van der Waals surface area contributed by atoms with Gasteiger partial charge in [-0.25, -0.2) is 14.6 Å². The molecule has 106 valence electrons. The highest BCUT2D eigenvalue weighted by atomic mass is 16.7. The summed E-state index contributed by atoms with van der Waals surface area (Å²) in [6.45, 7) is 1.76. The maximum absolute atomic E-state index is 11.8. The molecule has 6 nitrogen and oxygen atoms in total. The number of carbonyl (C=O) groups is 2. The summed E-state index contributed by atoms with van der Waals surface area (Å²) in [5.41, 5.74) is 0.895. The second-order valence-corrected chi connectivity index (χ2v) is 3.80. The van der Waals surface area contributed by atoms with E-state index in [1.807, 2.05) is 30.3 Å². The molecule has 0 heterocycles. The molecule has 0 aromatic heterocycles. The predicted octanol–water partition coefficient (Wildman–Crippen LogP) is 0.890. The van der Waals surface area contributed by atoms with Gasteiger partial charge in [0.15, 0.2) is 12.4 Å². The normalized spacial score (nSPS) is 11.8. The molecular weight excluding hydrogens is 261 g/mol. The molecule has 0 bridgehead atoms. The van der Waals surface area contributed by atoms with Gasteiger partial charge in [-0.3, -0.25) is 0 Å². The lowest BCUT2D eigenvalue weighted by molar-refractivity contribution is -0.141. The molecule has 7 heteroatoms. The molecule has 0 N–H and O–H groups in total. The Balaban J connectivity index is 2.71. The summed E-state index contributed by atoms with van der Waals surface area (Å²) in [6.07, 6.45) is 0.419. The first kappa shape index (κ1) is 15.8. The summed E-state index contributed by atoms with van der Waals surface area (Å²) in [5.74, 6) is -0.777. The third-order valence-corrected chi connectivity index (χ3v) is 2.34. The van der Waals surface area contributed by atoms with E-state index in [9.17, 15) is 9.59 Å². The van der Waals surface area contributed by atoms with Crippen LogP contribution in [0.3, 0.4) is 0 Å². The van der Waals surface area contributed by atoms with Gasteiger partial charge in [0.1, 0.15) is 0 Å². The van der Waals surface area contributed by atoms with E-state index < -0.39 is 18.2 Å². The molecule has 1 aromatic rings. The highest BCUT2D eigenvalue weighted by molar-refractivity contribution is 6.02. The van der Waals surface area contributed by atoms with Gasteiger partial charge in [0.2, 0.25) is 0 Å². The molecule has 0 fully saturated rings. The standard InChI is InChI=1S/C13H16BNO5/c1-2-18-13(17)20-12(16)11(15-9-19-14)8-10-6-4-3-5-7-10/h3-7,9,11H,2,8,14H2,1H3/t11-/m0/s1. The molecule has 0 aliphatic carbocycles. The van der Waals surface area contributed by atoms with Crippen molar-refractivity contribution < 1.29 is 23.7 Å². The highest BCUT2D eigenvalue weighted by Gasteiger charge is 2.23. The van der Waals surface area contributed by atoms with Crippen LogP contribution in [0.1, 0.15) is 12.5 Å². The van der Waals surface area contributed by atoms with E-state index in [1.54, 1.807) is 6.92 Å². The molecule has 0 radical (unpaired) electrons. The summed E-state index contributed by atoms with van der Waals surface area (Å²) in [6, 6.07) is 8.42. The van der Waals surface area contributed by atoms with Crippen molar-refractivity contribution >= 4 is 26.6 Å². The fourth-order valence-corrected chi connectivity index (χ4v) is 1.47. The number of aliphatic imine (C=N–C) groups is 1. The topological polar surface area (TPSA) is 74.2 Å². The molecule has 1 rings (SSSR count). The number of rotatable bonds is 6. The van der Waals surface area contributed by atoms with Crippen LogP contribution in [0, 0.1) is 0 Å². The van der Waals surface area contributed by atoms with Crippen molar-refractivity contribution in [3.05, 3.63) is 35.9 Å². The maximum Gasteiger partial charge on any atom is 0.516 e. The van der Waals surface area contributed by atoms with Crippen LogP contribution in [-0.4, -0.2) is 39.2 Å². The Hall–Kier alpha value is -2.31. The first-order chi connectivity index (χ1) is 9.67. The number of benzene rings is 1. The lowest BCUT2D eigenvalue weighted by atomic mass is 10.1. The molecule has 0 saturated carbocycles. The summed E-state index contributed by atoms with van der Waals surface area (Å²) in [4.78, 5) is 26.9. The maximum atomic E-state index is 11.8. The molecule has 0 saturated heterocycles. The average molecular weight is 277 g/mol. The molecular formula is C13H16BNO5. The van der Waals surface area contributed by atoms with Gasteiger partial charge in [-0.05, 0) is 12.5 Å². The molecule has 0 aliphatic rings. The number of hydrogen-bond acceptors (Lipinski definition) is 6. The quantitative estimate of drug-likeness (QED) is 0.254. The smallest absolute Gasteiger partial charge is 0.516 e. The van der Waals surface area contributed by atoms with Crippen molar-refractivity contribution in [3.63, 3.8) is 0 Å². The fraction of sp³-hybridized carbons (Fsp3) is 0.308. The van der Waals surface area contributed by atoms with Crippen LogP contribution in [0.5, 0.6) is 0 Å². The van der Waals surface area contributed by atoms with Gasteiger partial charge < -0.3 is 14.1 Å². The minimum absolute atomic E-state index is 0.136. The van der Waals surface area contributed by atoms with Crippen LogP contribution in [0.4, 0.5) is 4.79 Å². The van der Waals surface area contributed by atoms with Crippen molar-refractivity contribution in [2.24, 2.45) is 4.99 Å².